The second kappa shape index (κ2) is 7.71. The molecule has 0 aliphatic heterocycles. The van der Waals surface area contributed by atoms with Crippen molar-refractivity contribution in [1.82, 2.24) is 14.8 Å². The Kier molecular flexibility index (Phi) is 4.93. The van der Waals surface area contributed by atoms with Gasteiger partial charge in [0.15, 0.2) is 0 Å². The zero-order valence-corrected chi connectivity index (χ0v) is 16.4. The summed E-state index contributed by atoms with van der Waals surface area (Å²) >= 11 is 0. The molecule has 4 rings (SSSR count). The lowest BCUT2D eigenvalue weighted by molar-refractivity contribution is 0.463. The topological polar surface area (TPSA) is 97.2 Å². The lowest BCUT2D eigenvalue weighted by Gasteiger charge is -2.15. The van der Waals surface area contributed by atoms with E-state index >= 15 is 0 Å². The van der Waals surface area contributed by atoms with E-state index in [1.807, 2.05) is 44.2 Å². The second-order valence-corrected chi connectivity index (χ2v) is 6.91. The van der Waals surface area contributed by atoms with Crippen LogP contribution in [0.2, 0.25) is 0 Å². The summed E-state index contributed by atoms with van der Waals surface area (Å²) in [6, 6.07) is 18.1. The number of H-pyrrole nitrogens is 1. The summed E-state index contributed by atoms with van der Waals surface area (Å²) in [5, 5.41) is 14.1. The minimum atomic E-state index is -0.610. The van der Waals surface area contributed by atoms with E-state index in [9.17, 15) is 14.7 Å². The van der Waals surface area contributed by atoms with Crippen LogP contribution in [0.4, 0.5) is 0 Å². The highest BCUT2D eigenvalue weighted by atomic mass is 16.5. The number of aromatic nitrogens is 3. The van der Waals surface area contributed by atoms with Crippen LogP contribution in [0.1, 0.15) is 11.1 Å². The fourth-order valence-corrected chi connectivity index (χ4v) is 3.29. The Labute approximate surface area is 171 Å². The molecule has 0 fully saturated rings. The molecule has 1 heterocycles. The van der Waals surface area contributed by atoms with Crippen LogP contribution >= 0.6 is 0 Å². The molecule has 0 spiro atoms. The normalized spacial score (nSPS) is 10.7. The molecule has 0 bridgehead atoms. The summed E-state index contributed by atoms with van der Waals surface area (Å²) in [5.41, 5.74) is 2.50. The van der Waals surface area contributed by atoms with Crippen LogP contribution in [0.25, 0.3) is 16.8 Å². The molecule has 0 saturated carbocycles. The summed E-state index contributed by atoms with van der Waals surface area (Å²) < 4.78 is 7.24. The van der Waals surface area contributed by atoms with E-state index in [4.69, 9.17) is 4.74 Å². The summed E-state index contributed by atoms with van der Waals surface area (Å²) in [6.45, 7) is 3.72. The summed E-state index contributed by atoms with van der Waals surface area (Å²) in [7, 11) is 0. The maximum Gasteiger partial charge on any atom is 0.349 e. The molecule has 0 saturated heterocycles. The van der Waals surface area contributed by atoms with E-state index in [0.717, 1.165) is 27.6 Å². The predicted octanol–water partition coefficient (Wildman–Crippen LogP) is 3.70. The first-order valence-corrected chi connectivity index (χ1v) is 9.29. The number of phenolic OH excluding ortho intramolecular Hbond substituents is 1. The highest BCUT2D eigenvalue weighted by Gasteiger charge is 2.12. The average Bonchev–Trinajstić information content (AvgIpc) is 2.72. The van der Waals surface area contributed by atoms with Crippen molar-refractivity contribution in [3.63, 3.8) is 0 Å². The van der Waals surface area contributed by atoms with Crippen molar-refractivity contribution in [1.29, 1.82) is 0 Å². The number of aromatic hydroxyl groups is 1. The Hall–Kier alpha value is -4.13. The molecule has 7 nitrogen and oxygen atoms in total. The quantitative estimate of drug-likeness (QED) is 0.543. The van der Waals surface area contributed by atoms with Gasteiger partial charge in [-0.2, -0.15) is 9.78 Å². The van der Waals surface area contributed by atoms with Gasteiger partial charge >= 0.3 is 5.69 Å². The van der Waals surface area contributed by atoms with Crippen molar-refractivity contribution in [3.05, 3.63) is 98.8 Å². The lowest BCUT2D eigenvalue weighted by Crippen LogP contribution is -2.30. The van der Waals surface area contributed by atoms with Gasteiger partial charge in [-0.3, -0.25) is 9.78 Å². The van der Waals surface area contributed by atoms with E-state index in [-0.39, 0.29) is 5.75 Å². The Balaban J connectivity index is 1.71. The fourth-order valence-electron chi connectivity index (χ4n) is 3.29. The molecule has 2 N–H and O–H groups in total. The molecule has 4 aromatic rings. The zero-order valence-electron chi connectivity index (χ0n) is 16.4. The lowest BCUT2D eigenvalue weighted by atomic mass is 10.0. The monoisotopic (exact) mass is 401 g/mol. The van der Waals surface area contributed by atoms with Crippen molar-refractivity contribution < 1.29 is 9.84 Å². The first-order valence-electron chi connectivity index (χ1n) is 9.29. The van der Waals surface area contributed by atoms with E-state index < -0.39 is 11.2 Å². The number of hydrogen-bond acceptors (Lipinski definition) is 5. The number of benzene rings is 3. The number of aromatic amines is 1. The molecule has 3 aromatic carbocycles. The fraction of sp³-hybridized carbons (Fsp3) is 0.0870. The Morgan fingerprint density at radius 3 is 2.33 bits per heavy atom. The molecule has 7 heteroatoms. The van der Waals surface area contributed by atoms with Crippen LogP contribution in [-0.4, -0.2) is 19.9 Å². The van der Waals surface area contributed by atoms with Gasteiger partial charge in [0.25, 0.3) is 5.56 Å². The molecular weight excluding hydrogens is 382 g/mol. The van der Waals surface area contributed by atoms with Crippen molar-refractivity contribution >= 4 is 0 Å². The first kappa shape index (κ1) is 19.2. The third kappa shape index (κ3) is 3.73. The molecular formula is C23H19N3O4. The number of phenols is 1. The van der Waals surface area contributed by atoms with E-state index in [2.05, 4.69) is 10.1 Å². The van der Waals surface area contributed by atoms with Gasteiger partial charge in [0.2, 0.25) is 0 Å². The smallest absolute Gasteiger partial charge is 0.349 e. The van der Waals surface area contributed by atoms with Gasteiger partial charge in [0, 0.05) is 5.56 Å². The number of ether oxygens (including phenoxy) is 1. The van der Waals surface area contributed by atoms with E-state index in [1.54, 1.807) is 30.3 Å². The van der Waals surface area contributed by atoms with Crippen molar-refractivity contribution in [3.8, 4) is 34.1 Å². The molecule has 0 atom stereocenters. The van der Waals surface area contributed by atoms with Gasteiger partial charge in [0.1, 0.15) is 23.4 Å². The molecule has 0 radical (unpaired) electrons. The van der Waals surface area contributed by atoms with E-state index in [0.29, 0.717) is 22.7 Å². The minimum Gasteiger partial charge on any atom is -0.507 e. The van der Waals surface area contributed by atoms with Crippen LogP contribution in [0.15, 0.2) is 76.4 Å². The SMILES string of the molecule is Cc1cc(-n2ncc(=O)[nH]c2=O)cc(C)c1Oc1ccc(O)c(-c2ccccc2)c1. The van der Waals surface area contributed by atoms with Crippen molar-refractivity contribution in [2.75, 3.05) is 0 Å². The van der Waals surface area contributed by atoms with Crippen molar-refractivity contribution in [2.45, 2.75) is 13.8 Å². The highest BCUT2D eigenvalue weighted by molar-refractivity contribution is 5.71. The second-order valence-electron chi connectivity index (χ2n) is 6.91. The van der Waals surface area contributed by atoms with Crippen LogP contribution in [0.3, 0.4) is 0 Å². The molecule has 0 unspecified atom stereocenters. The molecule has 30 heavy (non-hydrogen) atoms. The number of hydrogen-bond donors (Lipinski definition) is 2. The minimum absolute atomic E-state index is 0.167. The Morgan fingerprint density at radius 2 is 1.67 bits per heavy atom. The molecule has 1 aromatic heterocycles. The van der Waals surface area contributed by atoms with Gasteiger partial charge in [0.05, 0.1) is 5.69 Å². The highest BCUT2D eigenvalue weighted by Crippen LogP contribution is 2.36. The summed E-state index contributed by atoms with van der Waals surface area (Å²) in [5.74, 6) is 1.38. The standard InChI is InChI=1S/C23H19N3O4/c1-14-10-17(26-23(29)25-21(28)13-24-26)11-15(2)22(14)30-18-8-9-20(27)19(12-18)16-6-4-3-5-7-16/h3-13,27H,1-2H3,(H,25,28,29). The van der Waals surface area contributed by atoms with Crippen LogP contribution in [0.5, 0.6) is 17.2 Å². The molecule has 0 aliphatic rings. The third-order valence-electron chi connectivity index (χ3n) is 4.68. The average molecular weight is 401 g/mol. The Morgan fingerprint density at radius 1 is 0.967 bits per heavy atom. The van der Waals surface area contributed by atoms with Gasteiger partial charge in [-0.15, -0.1) is 0 Å². The largest absolute Gasteiger partial charge is 0.507 e. The predicted molar refractivity (Wildman–Crippen MR) is 114 cm³/mol. The van der Waals surface area contributed by atoms with Gasteiger partial charge in [-0.25, -0.2) is 4.79 Å². The Bertz CT molecular complexity index is 1320. The summed E-state index contributed by atoms with van der Waals surface area (Å²) in [4.78, 5) is 25.5. The summed E-state index contributed by atoms with van der Waals surface area (Å²) in [6.07, 6.45) is 1.05. The van der Waals surface area contributed by atoms with Crippen LogP contribution < -0.4 is 16.0 Å². The maximum absolute atomic E-state index is 12.0. The molecule has 0 aliphatic carbocycles. The van der Waals surface area contributed by atoms with Crippen LogP contribution in [0, 0.1) is 13.8 Å². The van der Waals surface area contributed by atoms with E-state index in [1.165, 1.54) is 0 Å². The molecule has 150 valence electrons. The molecule has 0 amide bonds. The zero-order chi connectivity index (χ0) is 21.3. The van der Waals surface area contributed by atoms with Gasteiger partial charge < -0.3 is 9.84 Å². The van der Waals surface area contributed by atoms with Crippen LogP contribution in [-0.2, 0) is 0 Å². The number of nitrogens with zero attached hydrogens (tertiary/aromatic N) is 2. The first-order chi connectivity index (χ1) is 14.4. The van der Waals surface area contributed by atoms with Gasteiger partial charge in [-0.1, -0.05) is 30.3 Å². The van der Waals surface area contributed by atoms with Gasteiger partial charge in [-0.05, 0) is 60.9 Å². The number of aryl methyl sites for hydroxylation is 2. The van der Waals surface area contributed by atoms with Crippen molar-refractivity contribution in [2.24, 2.45) is 0 Å². The number of nitrogens with one attached hydrogen (secondary N) is 1. The third-order valence-corrected chi connectivity index (χ3v) is 4.68. The maximum atomic E-state index is 12.0. The number of rotatable bonds is 4.